The summed E-state index contributed by atoms with van der Waals surface area (Å²) < 4.78 is 33.6. The van der Waals surface area contributed by atoms with Crippen molar-refractivity contribution in [3.05, 3.63) is 46.5 Å². The van der Waals surface area contributed by atoms with Crippen LogP contribution in [0, 0.1) is 52.3 Å². The number of rotatable bonds is 21. The van der Waals surface area contributed by atoms with Gasteiger partial charge in [0.25, 0.3) is 0 Å². The van der Waals surface area contributed by atoms with Crippen molar-refractivity contribution in [1.82, 2.24) is 10.6 Å². The van der Waals surface area contributed by atoms with Crippen molar-refractivity contribution in [2.45, 2.75) is 217 Å². The largest absolute Gasteiger partial charge is 0.504 e. The fourth-order valence-corrected chi connectivity index (χ4v) is 13.8. The Bertz CT molecular complexity index is 1900. The van der Waals surface area contributed by atoms with Crippen LogP contribution in [-0.4, -0.2) is 76.5 Å². The van der Waals surface area contributed by atoms with Crippen LogP contribution >= 0.6 is 0 Å². The topological polar surface area (TPSA) is 90.4 Å². The number of hydrogen-bond donors (Lipinski definition) is 3. The minimum atomic E-state index is -0.274. The van der Waals surface area contributed by atoms with E-state index in [0.717, 1.165) is 94.0 Å². The van der Waals surface area contributed by atoms with Gasteiger partial charge in [0.1, 0.15) is 19.3 Å². The molecule has 0 spiro atoms. The zero-order chi connectivity index (χ0) is 51.1. The van der Waals surface area contributed by atoms with E-state index >= 15 is 0 Å². The molecule has 3 saturated carbocycles. The molecule has 5 aliphatic rings. The molecule has 394 valence electrons. The summed E-state index contributed by atoms with van der Waals surface area (Å²) in [6.45, 7) is 39.9. The second-order valence-corrected chi connectivity index (χ2v) is 23.7. The first-order chi connectivity index (χ1) is 32.9. The number of methoxy groups -OCH3 is 2. The van der Waals surface area contributed by atoms with Gasteiger partial charge in [-0.3, -0.25) is 0 Å². The zero-order valence-corrected chi connectivity index (χ0v) is 47.5. The minimum absolute atomic E-state index is 0.0171. The summed E-state index contributed by atoms with van der Waals surface area (Å²) in [5.41, 5.74) is 4.90. The van der Waals surface area contributed by atoms with Crippen molar-refractivity contribution in [2.75, 3.05) is 47.1 Å². The molecule has 1 aliphatic heterocycles. The molecule has 2 aromatic carbocycles. The van der Waals surface area contributed by atoms with Crippen molar-refractivity contribution in [3.63, 3.8) is 0 Å². The average Bonchev–Trinajstić information content (AvgIpc) is 4.11. The van der Waals surface area contributed by atoms with Gasteiger partial charge in [-0.05, 0) is 159 Å². The molecule has 4 aliphatic carbocycles. The van der Waals surface area contributed by atoms with Crippen molar-refractivity contribution in [3.8, 4) is 23.0 Å². The Labute approximate surface area is 423 Å². The molecule has 12 atom stereocenters. The van der Waals surface area contributed by atoms with Crippen LogP contribution in [0.2, 0.25) is 0 Å². The molecule has 2 aromatic rings. The first-order valence-corrected chi connectivity index (χ1v) is 28.4. The molecule has 69 heavy (non-hydrogen) atoms. The molecule has 8 nitrogen and oxygen atoms in total. The predicted octanol–water partition coefficient (Wildman–Crippen LogP) is 13.9. The molecular weight excluding hydrogens is 857 g/mol. The molecule has 3 unspecified atom stereocenters. The maximum absolute atomic E-state index is 12.5. The molecular formula is C61H104N2O6. The number of hydrogen-bond acceptors (Lipinski definition) is 8. The Morgan fingerprint density at radius 1 is 0.783 bits per heavy atom. The molecule has 0 saturated heterocycles. The molecule has 0 amide bonds. The molecule has 7 rings (SSSR count). The summed E-state index contributed by atoms with van der Waals surface area (Å²) in [4.78, 5) is 0. The van der Waals surface area contributed by atoms with Crippen LogP contribution in [0.15, 0.2) is 24.3 Å². The standard InChI is InChI=1S/C57H92N2O6.2C2H6/c1-15-19-26-58-34-40-30-41(35(5)54(7,8)9)47(61-13)32-56(40,17-3)48-38(16-2)22-24-45(50(48)60)63-27-28-64-46-25-23-39-29-44(59-33-37-20-21-37)43-31-42(36(6)55(10,11)12)51(62-14)53-57(43,18-4)49(39)52(46)65-53;2*1-2/h22-25,35-37,40-44,47,51,53,58-60H,15-21,26-34H2,1-14H3;2*1-2H3/t35-,36-,40?,41-,42?,43?,44-,47+,51-,53+,56+,57+;;/m1../s1. The monoisotopic (exact) mass is 961 g/mol. The number of phenols is 1. The smallest absolute Gasteiger partial charge is 0.165 e. The Balaban J connectivity index is 0.00000216. The van der Waals surface area contributed by atoms with E-state index in [9.17, 15) is 5.11 Å². The van der Waals surface area contributed by atoms with Crippen molar-refractivity contribution in [2.24, 2.45) is 52.3 Å². The predicted molar refractivity (Wildman–Crippen MR) is 289 cm³/mol. The molecule has 0 bridgehead atoms. The highest BCUT2D eigenvalue weighted by Gasteiger charge is 2.66. The molecule has 0 aromatic heterocycles. The average molecular weight is 962 g/mol. The third-order valence-corrected chi connectivity index (χ3v) is 18.6. The van der Waals surface area contributed by atoms with E-state index in [1.54, 1.807) is 0 Å². The van der Waals surface area contributed by atoms with Gasteiger partial charge in [0, 0.05) is 42.2 Å². The van der Waals surface area contributed by atoms with Gasteiger partial charge in [-0.1, -0.05) is 129 Å². The van der Waals surface area contributed by atoms with Crippen LogP contribution in [0.4, 0.5) is 0 Å². The highest BCUT2D eigenvalue weighted by Crippen LogP contribution is 2.64. The summed E-state index contributed by atoms with van der Waals surface area (Å²) >= 11 is 0. The number of nitrogens with one attached hydrogen (secondary N) is 2. The van der Waals surface area contributed by atoms with Gasteiger partial charge in [0.05, 0.1) is 12.2 Å². The van der Waals surface area contributed by atoms with Gasteiger partial charge in [-0.25, -0.2) is 0 Å². The van der Waals surface area contributed by atoms with Crippen LogP contribution in [-0.2, 0) is 33.1 Å². The molecule has 0 radical (unpaired) electrons. The second-order valence-electron chi connectivity index (χ2n) is 23.7. The van der Waals surface area contributed by atoms with Crippen LogP contribution in [0.25, 0.3) is 0 Å². The molecule has 1 heterocycles. The number of aromatic hydroxyl groups is 1. The van der Waals surface area contributed by atoms with E-state index in [0.29, 0.717) is 60.5 Å². The van der Waals surface area contributed by atoms with E-state index in [4.69, 9.17) is 23.7 Å². The van der Waals surface area contributed by atoms with Crippen molar-refractivity contribution >= 4 is 0 Å². The van der Waals surface area contributed by atoms with Gasteiger partial charge in [0.15, 0.2) is 23.0 Å². The number of phenolic OH excluding ortho intramolecular Hbond substituents is 1. The van der Waals surface area contributed by atoms with Gasteiger partial charge in [-0.15, -0.1) is 0 Å². The minimum Gasteiger partial charge on any atom is -0.504 e. The van der Waals surface area contributed by atoms with E-state index in [1.165, 1.54) is 36.0 Å². The quantitative estimate of drug-likeness (QED) is 0.107. The first-order valence-electron chi connectivity index (χ1n) is 28.4. The lowest BCUT2D eigenvalue weighted by Gasteiger charge is -2.57. The van der Waals surface area contributed by atoms with Crippen LogP contribution in [0.5, 0.6) is 23.0 Å². The third-order valence-electron chi connectivity index (χ3n) is 18.6. The van der Waals surface area contributed by atoms with Crippen LogP contribution in [0.1, 0.15) is 191 Å². The number of aryl methyl sites for hydroxylation is 1. The normalized spacial score (nSPS) is 30.2. The maximum atomic E-state index is 12.5. The summed E-state index contributed by atoms with van der Waals surface area (Å²) in [7, 11) is 3.80. The van der Waals surface area contributed by atoms with Gasteiger partial charge >= 0.3 is 0 Å². The summed E-state index contributed by atoms with van der Waals surface area (Å²) in [5, 5.41) is 20.5. The molecule has 3 fully saturated rings. The van der Waals surface area contributed by atoms with Crippen molar-refractivity contribution in [1.29, 1.82) is 0 Å². The summed E-state index contributed by atoms with van der Waals surface area (Å²) in [6.07, 6.45) is 11.8. The second kappa shape index (κ2) is 24.5. The maximum Gasteiger partial charge on any atom is 0.165 e. The summed E-state index contributed by atoms with van der Waals surface area (Å²) in [6, 6.07) is 9.03. The highest BCUT2D eigenvalue weighted by atomic mass is 16.6. The van der Waals surface area contributed by atoms with Crippen LogP contribution in [0.3, 0.4) is 0 Å². The van der Waals surface area contributed by atoms with Gasteiger partial charge in [0.2, 0.25) is 0 Å². The molecule has 8 heteroatoms. The first kappa shape index (κ1) is 57.4. The Kier molecular flexibility index (Phi) is 20.3. The van der Waals surface area contributed by atoms with E-state index < -0.39 is 0 Å². The van der Waals surface area contributed by atoms with E-state index in [2.05, 4.69) is 112 Å². The number of ether oxygens (including phenoxy) is 5. The van der Waals surface area contributed by atoms with Gasteiger partial charge < -0.3 is 39.4 Å². The van der Waals surface area contributed by atoms with Crippen LogP contribution < -0.4 is 24.8 Å². The van der Waals surface area contributed by atoms with Gasteiger partial charge in [-0.2, -0.15) is 0 Å². The third kappa shape index (κ3) is 11.5. The lowest BCUT2D eigenvalue weighted by molar-refractivity contribution is -0.135. The zero-order valence-electron chi connectivity index (χ0n) is 47.5. The lowest BCUT2D eigenvalue weighted by atomic mass is 9.49. The Morgan fingerprint density at radius 3 is 1.99 bits per heavy atom. The number of benzene rings is 2. The summed E-state index contributed by atoms with van der Waals surface area (Å²) in [5.74, 6) is 5.87. The lowest BCUT2D eigenvalue weighted by Crippen LogP contribution is -2.65. The Morgan fingerprint density at radius 2 is 1.42 bits per heavy atom. The van der Waals surface area contributed by atoms with Crippen molar-refractivity contribution < 1.29 is 28.8 Å². The Hall–Kier alpha value is -2.52. The molecule has 3 N–H and O–H groups in total. The highest BCUT2D eigenvalue weighted by molar-refractivity contribution is 5.61. The fraction of sp³-hybridized carbons (Fsp3) is 0.803. The number of unbranched alkanes of at least 4 members (excludes halogenated alkanes) is 1. The fourth-order valence-electron chi connectivity index (χ4n) is 13.8. The van der Waals surface area contributed by atoms with E-state index in [1.807, 2.05) is 48.0 Å². The van der Waals surface area contributed by atoms with E-state index in [-0.39, 0.29) is 45.7 Å². The SMILES string of the molecule is CC.CC.CCCCNCC1C[C@H]([C@@H](C)C(C)(C)C)[C@@H](OC)C[C@]1(CC)c1c(CC)ccc(OCCOc2ccc3c4c2O[C@H]2[C@H](OC)C([C@@H](C)C(C)(C)C)CC([C@H](NCC5CC5)C3)[C@@]42CC)c1O.